The minimum Gasteiger partial charge on any atom is -0.0652 e. The molecule has 5 rings (SSSR count). The van der Waals surface area contributed by atoms with Gasteiger partial charge in [-0.2, -0.15) is 0 Å². The lowest BCUT2D eigenvalue weighted by Crippen LogP contribution is -2.25. The molecule has 0 bridgehead atoms. The van der Waals surface area contributed by atoms with Gasteiger partial charge in [-0.3, -0.25) is 0 Å². The number of allylic oxidation sites excluding steroid dienone is 4. The fraction of sp³-hybridized carbons (Fsp3) is 0.241. The number of hydrogen-bond acceptors (Lipinski definition) is 0. The maximum atomic E-state index is 2.41. The summed E-state index contributed by atoms with van der Waals surface area (Å²) in [5, 5.41) is 0. The third-order valence-corrected chi connectivity index (χ3v) is 6.91. The molecule has 0 saturated heterocycles. The molecule has 29 heavy (non-hydrogen) atoms. The second kappa shape index (κ2) is 6.88. The van der Waals surface area contributed by atoms with Crippen LogP contribution in [-0.4, -0.2) is 0 Å². The first-order chi connectivity index (χ1) is 14.0. The van der Waals surface area contributed by atoms with E-state index in [1.807, 2.05) is 0 Å². The van der Waals surface area contributed by atoms with Crippen LogP contribution >= 0.6 is 0 Å². The first-order valence-electron chi connectivity index (χ1n) is 10.7. The zero-order chi connectivity index (χ0) is 20.0. The van der Waals surface area contributed by atoms with Crippen molar-refractivity contribution >= 4 is 5.57 Å². The highest BCUT2D eigenvalue weighted by Crippen LogP contribution is 2.53. The number of benzene rings is 3. The molecule has 0 heterocycles. The molecule has 0 radical (unpaired) electrons. The van der Waals surface area contributed by atoms with Crippen molar-refractivity contribution in [3.63, 3.8) is 0 Å². The summed E-state index contributed by atoms with van der Waals surface area (Å²) in [5.41, 5.74) is 11.5. The van der Waals surface area contributed by atoms with Crippen LogP contribution in [0.1, 0.15) is 42.5 Å². The molecule has 1 unspecified atom stereocenters. The van der Waals surface area contributed by atoms with E-state index in [1.165, 1.54) is 39.0 Å². The zero-order valence-electron chi connectivity index (χ0n) is 17.6. The van der Waals surface area contributed by atoms with E-state index in [4.69, 9.17) is 0 Å². The Labute approximate surface area is 174 Å². The molecule has 2 aliphatic carbocycles. The molecular weight excluding hydrogens is 348 g/mol. The van der Waals surface area contributed by atoms with Crippen molar-refractivity contribution < 1.29 is 0 Å². The number of aryl methyl sites for hydroxylation is 1. The van der Waals surface area contributed by atoms with Crippen molar-refractivity contribution in [2.45, 2.75) is 39.0 Å². The molecular formula is C29H28. The largest absolute Gasteiger partial charge is 0.0652 e. The highest BCUT2D eigenvalue weighted by Gasteiger charge is 2.43. The molecule has 0 amide bonds. The molecule has 0 nitrogen and oxygen atoms in total. The lowest BCUT2D eigenvalue weighted by Gasteiger charge is -2.31. The third kappa shape index (κ3) is 3.17. The maximum Gasteiger partial charge on any atom is -0.00256 e. The van der Waals surface area contributed by atoms with E-state index in [-0.39, 0.29) is 5.41 Å². The Bertz CT molecular complexity index is 1110. The first kappa shape index (κ1) is 18.2. The minimum absolute atomic E-state index is 0.206. The minimum atomic E-state index is 0.206. The Kier molecular flexibility index (Phi) is 4.32. The molecule has 0 spiro atoms. The van der Waals surface area contributed by atoms with Gasteiger partial charge in [0.1, 0.15) is 0 Å². The molecule has 0 aromatic heterocycles. The SMILES string of the molecule is Cc1ccc(-c2ccc(CC3=CC=C4c5ccccc5C(C)(C)C4C3)cc2)cc1. The van der Waals surface area contributed by atoms with Crippen molar-refractivity contribution in [1.82, 2.24) is 0 Å². The van der Waals surface area contributed by atoms with Gasteiger partial charge in [-0.15, -0.1) is 0 Å². The number of fused-ring (bicyclic) bond motifs is 3. The smallest absolute Gasteiger partial charge is 0.00256 e. The molecule has 0 fully saturated rings. The number of rotatable bonds is 3. The standard InChI is InChI=1S/C29H28/c1-20-8-13-23(14-9-20)24-15-10-21(11-16-24)18-22-12-17-26-25-6-4-5-7-27(25)29(2,3)28(26)19-22/h4-17,28H,18-19H2,1-3H3. The van der Waals surface area contributed by atoms with Gasteiger partial charge in [0, 0.05) is 0 Å². The summed E-state index contributed by atoms with van der Waals surface area (Å²) >= 11 is 0. The fourth-order valence-corrected chi connectivity index (χ4v) is 5.12. The molecule has 0 heteroatoms. The van der Waals surface area contributed by atoms with Crippen molar-refractivity contribution in [3.05, 3.63) is 113 Å². The van der Waals surface area contributed by atoms with Gasteiger partial charge in [0.05, 0.1) is 0 Å². The van der Waals surface area contributed by atoms with Crippen molar-refractivity contribution in [2.75, 3.05) is 0 Å². The van der Waals surface area contributed by atoms with Gasteiger partial charge in [0.25, 0.3) is 0 Å². The Morgan fingerprint density at radius 1 is 0.793 bits per heavy atom. The summed E-state index contributed by atoms with van der Waals surface area (Å²) in [7, 11) is 0. The van der Waals surface area contributed by atoms with Gasteiger partial charge in [-0.25, -0.2) is 0 Å². The van der Waals surface area contributed by atoms with Crippen molar-refractivity contribution in [1.29, 1.82) is 0 Å². The second-order valence-electron chi connectivity index (χ2n) is 9.21. The summed E-state index contributed by atoms with van der Waals surface area (Å²) in [6.07, 6.45) is 6.96. The average molecular weight is 377 g/mol. The van der Waals surface area contributed by atoms with Gasteiger partial charge >= 0.3 is 0 Å². The van der Waals surface area contributed by atoms with Crippen molar-refractivity contribution in [2.24, 2.45) is 5.92 Å². The second-order valence-corrected chi connectivity index (χ2v) is 9.21. The maximum absolute atomic E-state index is 2.41. The van der Waals surface area contributed by atoms with Crippen LogP contribution in [0.5, 0.6) is 0 Å². The quantitative estimate of drug-likeness (QED) is 0.443. The Morgan fingerprint density at radius 3 is 2.17 bits per heavy atom. The summed E-state index contributed by atoms with van der Waals surface area (Å²) in [6.45, 7) is 6.96. The van der Waals surface area contributed by atoms with Crippen LogP contribution in [0, 0.1) is 12.8 Å². The third-order valence-electron chi connectivity index (χ3n) is 6.91. The van der Waals surface area contributed by atoms with E-state index in [2.05, 4.69) is 106 Å². The average Bonchev–Trinajstić information content (AvgIpc) is 2.97. The molecule has 0 saturated carbocycles. The van der Waals surface area contributed by atoms with E-state index in [0.717, 1.165) is 12.8 Å². The van der Waals surface area contributed by atoms with Crippen LogP contribution in [0.25, 0.3) is 16.7 Å². The van der Waals surface area contributed by atoms with Crippen LogP contribution in [0.15, 0.2) is 90.5 Å². The van der Waals surface area contributed by atoms with Crippen LogP contribution in [-0.2, 0) is 11.8 Å². The monoisotopic (exact) mass is 376 g/mol. The van der Waals surface area contributed by atoms with E-state index in [1.54, 1.807) is 5.57 Å². The predicted octanol–water partition coefficient (Wildman–Crippen LogP) is 7.53. The zero-order valence-corrected chi connectivity index (χ0v) is 17.6. The lowest BCUT2D eigenvalue weighted by molar-refractivity contribution is 0.406. The van der Waals surface area contributed by atoms with E-state index < -0.39 is 0 Å². The van der Waals surface area contributed by atoms with E-state index in [9.17, 15) is 0 Å². The lowest BCUT2D eigenvalue weighted by atomic mass is 9.72. The topological polar surface area (TPSA) is 0 Å². The Hall–Kier alpha value is -2.86. The fourth-order valence-electron chi connectivity index (χ4n) is 5.12. The molecule has 144 valence electrons. The van der Waals surface area contributed by atoms with Gasteiger partial charge in [0.15, 0.2) is 0 Å². The first-order valence-corrected chi connectivity index (χ1v) is 10.7. The Balaban J connectivity index is 1.37. The predicted molar refractivity (Wildman–Crippen MR) is 124 cm³/mol. The van der Waals surface area contributed by atoms with Crippen molar-refractivity contribution in [3.8, 4) is 11.1 Å². The number of hydrogen-bond donors (Lipinski definition) is 0. The summed E-state index contributed by atoms with van der Waals surface area (Å²) in [6, 6.07) is 26.9. The van der Waals surface area contributed by atoms with Gasteiger partial charge in [-0.05, 0) is 64.5 Å². The van der Waals surface area contributed by atoms with Crippen LogP contribution < -0.4 is 0 Å². The summed E-state index contributed by atoms with van der Waals surface area (Å²) in [5.74, 6) is 0.590. The molecule has 2 aliphatic rings. The van der Waals surface area contributed by atoms with E-state index >= 15 is 0 Å². The Morgan fingerprint density at radius 2 is 1.45 bits per heavy atom. The molecule has 1 atom stereocenters. The summed E-state index contributed by atoms with van der Waals surface area (Å²) in [4.78, 5) is 0. The highest BCUT2D eigenvalue weighted by atomic mass is 14.5. The molecule has 0 N–H and O–H groups in total. The van der Waals surface area contributed by atoms with Crippen LogP contribution in [0.3, 0.4) is 0 Å². The van der Waals surface area contributed by atoms with Gasteiger partial charge < -0.3 is 0 Å². The molecule has 3 aromatic carbocycles. The molecule has 0 aliphatic heterocycles. The van der Waals surface area contributed by atoms with E-state index in [0.29, 0.717) is 5.92 Å². The summed E-state index contributed by atoms with van der Waals surface area (Å²) < 4.78 is 0. The highest BCUT2D eigenvalue weighted by molar-refractivity contribution is 5.80. The van der Waals surface area contributed by atoms with Crippen LogP contribution in [0.4, 0.5) is 0 Å². The molecule has 3 aromatic rings. The normalized spacial score (nSPS) is 19.2. The van der Waals surface area contributed by atoms with Gasteiger partial charge in [0.2, 0.25) is 0 Å². The van der Waals surface area contributed by atoms with Crippen LogP contribution in [0.2, 0.25) is 0 Å². The van der Waals surface area contributed by atoms with Gasteiger partial charge in [-0.1, -0.05) is 110 Å².